The number of nitrogens with zero attached hydrogens (tertiary/aromatic N) is 1. The van der Waals surface area contributed by atoms with Gasteiger partial charge in [-0.15, -0.1) is 11.3 Å². The van der Waals surface area contributed by atoms with Crippen molar-refractivity contribution in [2.45, 2.75) is 19.8 Å². The topological polar surface area (TPSA) is 15.3 Å². The van der Waals surface area contributed by atoms with E-state index in [0.29, 0.717) is 0 Å². The summed E-state index contributed by atoms with van der Waals surface area (Å²) >= 11 is 1.85. The maximum atomic E-state index is 3.43. The number of aryl methyl sites for hydroxylation is 1. The number of anilines is 1. The highest BCUT2D eigenvalue weighted by Crippen LogP contribution is 2.26. The van der Waals surface area contributed by atoms with Gasteiger partial charge in [-0.2, -0.15) is 0 Å². The fourth-order valence-electron chi connectivity index (χ4n) is 2.19. The van der Waals surface area contributed by atoms with Crippen molar-refractivity contribution in [2.24, 2.45) is 5.92 Å². The van der Waals surface area contributed by atoms with Gasteiger partial charge in [-0.1, -0.05) is 0 Å². The lowest BCUT2D eigenvalue weighted by Crippen LogP contribution is -2.21. The van der Waals surface area contributed by atoms with E-state index < -0.39 is 0 Å². The van der Waals surface area contributed by atoms with Crippen molar-refractivity contribution in [3.63, 3.8) is 0 Å². The molecule has 1 aromatic heterocycles. The second-order valence-corrected chi connectivity index (χ2v) is 5.37. The quantitative estimate of drug-likeness (QED) is 0.845. The third-order valence-electron chi connectivity index (χ3n) is 3.22. The summed E-state index contributed by atoms with van der Waals surface area (Å²) in [7, 11) is 2.21. The minimum atomic E-state index is 0.896. The molecule has 1 atom stereocenters. The average Bonchev–Trinajstić information content (AvgIpc) is 2.84. The number of hydrogen-bond donors (Lipinski definition) is 1. The van der Waals surface area contributed by atoms with Crippen molar-refractivity contribution in [3.05, 3.63) is 17.0 Å². The first kappa shape index (κ1) is 11.0. The minimum absolute atomic E-state index is 0.896. The van der Waals surface area contributed by atoms with Gasteiger partial charge in [-0.25, -0.2) is 0 Å². The van der Waals surface area contributed by atoms with Gasteiger partial charge in [0.15, 0.2) is 0 Å². The molecular weight excluding hydrogens is 204 g/mol. The molecule has 1 aromatic rings. The summed E-state index contributed by atoms with van der Waals surface area (Å²) < 4.78 is 0. The summed E-state index contributed by atoms with van der Waals surface area (Å²) in [6.45, 7) is 5.82. The standard InChI is InChI=1S/C12H20N2S/c1-10-5-8-15-12(10)14(2)7-4-11-3-6-13-9-11/h5,8,11,13H,3-4,6-7,9H2,1-2H3. The fourth-order valence-corrected chi connectivity index (χ4v) is 3.12. The monoisotopic (exact) mass is 224 g/mol. The minimum Gasteiger partial charge on any atom is -0.366 e. The predicted molar refractivity (Wildman–Crippen MR) is 67.9 cm³/mol. The summed E-state index contributed by atoms with van der Waals surface area (Å²) in [5.41, 5.74) is 1.41. The van der Waals surface area contributed by atoms with Crippen LogP contribution in [0, 0.1) is 12.8 Å². The summed E-state index contributed by atoms with van der Waals surface area (Å²) in [4.78, 5) is 2.40. The predicted octanol–water partition coefficient (Wildman–Crippen LogP) is 2.49. The first-order valence-corrected chi connectivity index (χ1v) is 6.61. The Morgan fingerprint density at radius 1 is 1.60 bits per heavy atom. The van der Waals surface area contributed by atoms with E-state index in [2.05, 4.69) is 35.6 Å². The second kappa shape index (κ2) is 4.99. The Labute approximate surface area is 96.3 Å². The van der Waals surface area contributed by atoms with Crippen LogP contribution in [0.2, 0.25) is 0 Å². The summed E-state index contributed by atoms with van der Waals surface area (Å²) in [5, 5.41) is 7.04. The van der Waals surface area contributed by atoms with Gasteiger partial charge < -0.3 is 10.2 Å². The Balaban J connectivity index is 1.81. The van der Waals surface area contributed by atoms with E-state index in [9.17, 15) is 0 Å². The van der Waals surface area contributed by atoms with Crippen LogP contribution in [0.3, 0.4) is 0 Å². The van der Waals surface area contributed by atoms with Crippen LogP contribution in [0.4, 0.5) is 5.00 Å². The molecule has 1 fully saturated rings. The molecule has 0 aromatic carbocycles. The highest BCUT2D eigenvalue weighted by Gasteiger charge is 2.15. The molecule has 0 aliphatic carbocycles. The Kier molecular flexibility index (Phi) is 3.65. The van der Waals surface area contributed by atoms with E-state index in [1.165, 1.54) is 43.0 Å². The maximum absolute atomic E-state index is 3.43. The summed E-state index contributed by atoms with van der Waals surface area (Å²) in [5.74, 6) is 0.896. The van der Waals surface area contributed by atoms with Crippen molar-refractivity contribution in [3.8, 4) is 0 Å². The van der Waals surface area contributed by atoms with Gasteiger partial charge in [-0.3, -0.25) is 0 Å². The maximum Gasteiger partial charge on any atom is 0.0935 e. The lowest BCUT2D eigenvalue weighted by Gasteiger charge is -2.20. The molecule has 1 saturated heterocycles. The molecule has 1 aliphatic rings. The third-order valence-corrected chi connectivity index (χ3v) is 4.35. The van der Waals surface area contributed by atoms with Crippen LogP contribution in [0.5, 0.6) is 0 Å². The van der Waals surface area contributed by atoms with Crippen molar-refractivity contribution in [2.75, 3.05) is 31.6 Å². The molecule has 15 heavy (non-hydrogen) atoms. The van der Waals surface area contributed by atoms with E-state index in [4.69, 9.17) is 0 Å². The van der Waals surface area contributed by atoms with Gasteiger partial charge in [0.1, 0.15) is 0 Å². The highest BCUT2D eigenvalue weighted by atomic mass is 32.1. The smallest absolute Gasteiger partial charge is 0.0935 e. The lowest BCUT2D eigenvalue weighted by molar-refractivity contribution is 0.534. The van der Waals surface area contributed by atoms with Gasteiger partial charge >= 0.3 is 0 Å². The molecule has 0 amide bonds. The van der Waals surface area contributed by atoms with E-state index in [1.54, 1.807) is 0 Å². The number of nitrogens with one attached hydrogen (secondary N) is 1. The van der Waals surface area contributed by atoms with Crippen LogP contribution in [0.15, 0.2) is 11.4 Å². The van der Waals surface area contributed by atoms with Crippen molar-refractivity contribution in [1.29, 1.82) is 0 Å². The molecule has 2 heterocycles. The summed E-state index contributed by atoms with van der Waals surface area (Å²) in [6, 6.07) is 2.20. The molecule has 0 radical (unpaired) electrons. The molecule has 1 unspecified atom stereocenters. The lowest BCUT2D eigenvalue weighted by atomic mass is 10.1. The van der Waals surface area contributed by atoms with Crippen molar-refractivity contribution < 1.29 is 0 Å². The average molecular weight is 224 g/mol. The van der Waals surface area contributed by atoms with E-state index >= 15 is 0 Å². The van der Waals surface area contributed by atoms with Crippen LogP contribution in [0.1, 0.15) is 18.4 Å². The van der Waals surface area contributed by atoms with E-state index in [-0.39, 0.29) is 0 Å². The Morgan fingerprint density at radius 2 is 2.47 bits per heavy atom. The first-order chi connectivity index (χ1) is 7.27. The molecule has 2 rings (SSSR count). The van der Waals surface area contributed by atoms with Gasteiger partial charge in [-0.05, 0) is 55.8 Å². The van der Waals surface area contributed by atoms with Crippen LogP contribution >= 0.6 is 11.3 Å². The molecule has 0 spiro atoms. The van der Waals surface area contributed by atoms with Crippen molar-refractivity contribution in [1.82, 2.24) is 5.32 Å². The first-order valence-electron chi connectivity index (χ1n) is 5.73. The van der Waals surface area contributed by atoms with Crippen LogP contribution in [0.25, 0.3) is 0 Å². The SMILES string of the molecule is Cc1ccsc1N(C)CCC1CCNC1. The van der Waals surface area contributed by atoms with Crippen LogP contribution in [-0.4, -0.2) is 26.7 Å². The molecule has 84 valence electrons. The van der Waals surface area contributed by atoms with E-state index in [0.717, 1.165) is 5.92 Å². The summed E-state index contributed by atoms with van der Waals surface area (Å²) in [6.07, 6.45) is 2.68. The number of hydrogen-bond acceptors (Lipinski definition) is 3. The van der Waals surface area contributed by atoms with Gasteiger partial charge in [0, 0.05) is 13.6 Å². The number of rotatable bonds is 4. The zero-order chi connectivity index (χ0) is 10.7. The van der Waals surface area contributed by atoms with Gasteiger partial charge in [0.2, 0.25) is 0 Å². The van der Waals surface area contributed by atoms with Crippen molar-refractivity contribution >= 4 is 16.3 Å². The molecule has 3 heteroatoms. The van der Waals surface area contributed by atoms with Gasteiger partial charge in [0.25, 0.3) is 0 Å². The van der Waals surface area contributed by atoms with E-state index in [1.807, 2.05) is 11.3 Å². The molecular formula is C12H20N2S. The Hall–Kier alpha value is -0.540. The normalized spacial score (nSPS) is 20.8. The van der Waals surface area contributed by atoms with Crippen LogP contribution < -0.4 is 10.2 Å². The molecule has 0 bridgehead atoms. The second-order valence-electron chi connectivity index (χ2n) is 4.48. The molecule has 1 N–H and O–H groups in total. The molecule has 2 nitrogen and oxygen atoms in total. The van der Waals surface area contributed by atoms with Gasteiger partial charge in [0.05, 0.1) is 5.00 Å². The fraction of sp³-hybridized carbons (Fsp3) is 0.667. The molecule has 1 aliphatic heterocycles. The zero-order valence-electron chi connectivity index (χ0n) is 9.62. The Morgan fingerprint density at radius 3 is 3.07 bits per heavy atom. The largest absolute Gasteiger partial charge is 0.366 e. The molecule has 0 saturated carbocycles. The number of thiophene rings is 1. The Bertz CT molecular complexity index is 302. The third kappa shape index (κ3) is 2.73. The highest BCUT2D eigenvalue weighted by molar-refractivity contribution is 7.14. The zero-order valence-corrected chi connectivity index (χ0v) is 10.4. The van der Waals surface area contributed by atoms with Crippen LogP contribution in [-0.2, 0) is 0 Å².